The number of hydrogen-bond acceptors (Lipinski definition) is 2. The molecule has 0 aliphatic rings. The molecule has 108 valence electrons. The van der Waals surface area contributed by atoms with Gasteiger partial charge in [-0.25, -0.2) is 4.39 Å². The fourth-order valence-corrected chi connectivity index (χ4v) is 2.94. The first-order valence-electron chi connectivity index (χ1n) is 6.68. The van der Waals surface area contributed by atoms with Gasteiger partial charge in [0.25, 0.3) is 0 Å². The van der Waals surface area contributed by atoms with Gasteiger partial charge >= 0.3 is 0 Å². The van der Waals surface area contributed by atoms with Gasteiger partial charge in [0.15, 0.2) is 0 Å². The smallest absolute Gasteiger partial charge is 0.145 e. The van der Waals surface area contributed by atoms with Gasteiger partial charge in [-0.1, -0.05) is 31.5 Å². The lowest BCUT2D eigenvalue weighted by molar-refractivity contribution is 0.595. The Labute approximate surface area is 125 Å². The number of rotatable bonds is 7. The molecular weight excluding hydrogens is 281 g/mol. The maximum absolute atomic E-state index is 13.8. The van der Waals surface area contributed by atoms with Crippen LogP contribution in [0.2, 0.25) is 5.02 Å². The summed E-state index contributed by atoms with van der Waals surface area (Å²) < 4.78 is 13.8. The lowest BCUT2D eigenvalue weighted by atomic mass is 9.97. The van der Waals surface area contributed by atoms with Gasteiger partial charge in [0, 0.05) is 11.8 Å². The Bertz CT molecular complexity index is 409. The highest BCUT2D eigenvalue weighted by molar-refractivity contribution is 7.98. The number of halogens is 2. The summed E-state index contributed by atoms with van der Waals surface area (Å²) in [5.41, 5.74) is 7.78. The van der Waals surface area contributed by atoms with E-state index in [0.717, 1.165) is 30.6 Å². The molecule has 0 radical (unpaired) electrons. The van der Waals surface area contributed by atoms with Crippen LogP contribution in [-0.2, 0) is 6.42 Å². The highest BCUT2D eigenvalue weighted by atomic mass is 35.5. The lowest BCUT2D eigenvalue weighted by Gasteiger charge is -2.13. The quantitative estimate of drug-likeness (QED) is 0.795. The van der Waals surface area contributed by atoms with Crippen molar-refractivity contribution in [1.29, 1.82) is 0 Å². The molecule has 0 fully saturated rings. The van der Waals surface area contributed by atoms with E-state index in [4.69, 9.17) is 17.3 Å². The molecule has 0 amide bonds. The lowest BCUT2D eigenvalue weighted by Crippen LogP contribution is -2.22. The van der Waals surface area contributed by atoms with Crippen LogP contribution < -0.4 is 5.73 Å². The van der Waals surface area contributed by atoms with Crippen LogP contribution in [0.3, 0.4) is 0 Å². The van der Waals surface area contributed by atoms with E-state index in [-0.39, 0.29) is 22.8 Å². The zero-order valence-corrected chi connectivity index (χ0v) is 13.5. The number of benzene rings is 1. The van der Waals surface area contributed by atoms with Crippen LogP contribution in [0.5, 0.6) is 0 Å². The monoisotopic (exact) mass is 303 g/mol. The molecule has 2 N–H and O–H groups in total. The van der Waals surface area contributed by atoms with Crippen LogP contribution in [0.4, 0.5) is 4.39 Å². The highest BCUT2D eigenvalue weighted by Crippen LogP contribution is 2.27. The molecule has 1 aromatic rings. The summed E-state index contributed by atoms with van der Waals surface area (Å²) >= 11 is 7.72. The van der Waals surface area contributed by atoms with Gasteiger partial charge in [-0.15, -0.1) is 0 Å². The predicted octanol–water partition coefficient (Wildman–Crippen LogP) is 4.62. The maximum atomic E-state index is 13.8. The molecule has 1 rings (SSSR count). The van der Waals surface area contributed by atoms with Crippen molar-refractivity contribution < 1.29 is 4.39 Å². The number of aryl methyl sites for hydroxylation is 1. The van der Waals surface area contributed by atoms with Gasteiger partial charge < -0.3 is 5.73 Å². The van der Waals surface area contributed by atoms with Crippen LogP contribution in [0.15, 0.2) is 12.1 Å². The van der Waals surface area contributed by atoms with Gasteiger partial charge in [0.2, 0.25) is 0 Å². The van der Waals surface area contributed by atoms with E-state index in [9.17, 15) is 4.39 Å². The van der Waals surface area contributed by atoms with E-state index >= 15 is 0 Å². The molecular formula is C15H23ClFNS. The molecule has 0 saturated heterocycles. The standard InChI is InChI=1S/C15H23ClFNS/c1-10(2)13-7-11(8-14(16)15(13)17)5-4-6-12(18)9-19-3/h7-8,10,12H,4-6,9,18H2,1-3H3. The molecule has 0 heterocycles. The van der Waals surface area contributed by atoms with E-state index in [0.29, 0.717) is 5.56 Å². The van der Waals surface area contributed by atoms with Crippen molar-refractivity contribution in [2.24, 2.45) is 5.73 Å². The van der Waals surface area contributed by atoms with Gasteiger partial charge in [-0.05, 0) is 48.6 Å². The third-order valence-electron chi connectivity index (χ3n) is 3.16. The largest absolute Gasteiger partial charge is 0.327 e. The Morgan fingerprint density at radius 1 is 1.37 bits per heavy atom. The summed E-state index contributed by atoms with van der Waals surface area (Å²) in [6.45, 7) is 3.96. The molecule has 1 aromatic carbocycles. The van der Waals surface area contributed by atoms with Crippen LogP contribution in [0.1, 0.15) is 43.7 Å². The van der Waals surface area contributed by atoms with Crippen molar-refractivity contribution in [3.8, 4) is 0 Å². The normalized spacial score (nSPS) is 13.0. The first-order chi connectivity index (χ1) is 8.95. The Kier molecular flexibility index (Phi) is 7.19. The Balaban J connectivity index is 2.64. The van der Waals surface area contributed by atoms with Gasteiger partial charge in [0.1, 0.15) is 5.82 Å². The number of nitrogens with two attached hydrogens (primary N) is 1. The fraction of sp³-hybridized carbons (Fsp3) is 0.600. The second-order valence-electron chi connectivity index (χ2n) is 5.24. The molecule has 1 nitrogen and oxygen atoms in total. The van der Waals surface area contributed by atoms with Crippen LogP contribution in [-0.4, -0.2) is 18.1 Å². The van der Waals surface area contributed by atoms with Crippen molar-refractivity contribution in [2.75, 3.05) is 12.0 Å². The summed E-state index contributed by atoms with van der Waals surface area (Å²) in [6.07, 6.45) is 4.98. The predicted molar refractivity (Wildman–Crippen MR) is 84.8 cm³/mol. The Morgan fingerprint density at radius 2 is 2.05 bits per heavy atom. The molecule has 4 heteroatoms. The Hall–Kier alpha value is -0.250. The third-order valence-corrected chi connectivity index (χ3v) is 4.20. The average Bonchev–Trinajstić information content (AvgIpc) is 2.33. The van der Waals surface area contributed by atoms with Crippen molar-refractivity contribution >= 4 is 23.4 Å². The number of hydrogen-bond donors (Lipinski definition) is 1. The second kappa shape index (κ2) is 8.13. The summed E-state index contributed by atoms with van der Waals surface area (Å²) in [7, 11) is 0. The molecule has 0 aliphatic carbocycles. The highest BCUT2D eigenvalue weighted by Gasteiger charge is 2.12. The van der Waals surface area contributed by atoms with Gasteiger partial charge in [0.05, 0.1) is 5.02 Å². The van der Waals surface area contributed by atoms with Crippen LogP contribution in [0, 0.1) is 5.82 Å². The molecule has 1 atom stereocenters. The first kappa shape index (κ1) is 16.8. The van der Waals surface area contributed by atoms with Crippen molar-refractivity contribution in [1.82, 2.24) is 0 Å². The summed E-state index contributed by atoms with van der Waals surface area (Å²) in [4.78, 5) is 0. The van der Waals surface area contributed by atoms with Crippen molar-refractivity contribution in [3.05, 3.63) is 34.1 Å². The zero-order valence-electron chi connectivity index (χ0n) is 11.9. The minimum absolute atomic E-state index is 0.149. The molecule has 1 unspecified atom stereocenters. The van der Waals surface area contributed by atoms with E-state index in [1.165, 1.54) is 0 Å². The molecule has 0 saturated carbocycles. The molecule has 19 heavy (non-hydrogen) atoms. The van der Waals surface area contributed by atoms with Crippen molar-refractivity contribution in [2.45, 2.75) is 45.1 Å². The van der Waals surface area contributed by atoms with Gasteiger partial charge in [-0.3, -0.25) is 0 Å². The molecule has 0 aromatic heterocycles. The summed E-state index contributed by atoms with van der Waals surface area (Å²) in [5.74, 6) is 0.859. The second-order valence-corrected chi connectivity index (χ2v) is 6.56. The topological polar surface area (TPSA) is 26.0 Å². The summed E-state index contributed by atoms with van der Waals surface area (Å²) in [6, 6.07) is 3.92. The molecule has 0 spiro atoms. The minimum Gasteiger partial charge on any atom is -0.327 e. The van der Waals surface area contributed by atoms with E-state index in [1.807, 2.05) is 19.9 Å². The van der Waals surface area contributed by atoms with E-state index in [1.54, 1.807) is 17.8 Å². The molecule has 0 bridgehead atoms. The van der Waals surface area contributed by atoms with Crippen LogP contribution >= 0.6 is 23.4 Å². The first-order valence-corrected chi connectivity index (χ1v) is 8.45. The minimum atomic E-state index is -0.278. The fourth-order valence-electron chi connectivity index (χ4n) is 2.10. The van der Waals surface area contributed by atoms with E-state index < -0.39 is 0 Å². The third kappa shape index (κ3) is 5.33. The van der Waals surface area contributed by atoms with E-state index in [2.05, 4.69) is 6.26 Å². The average molecular weight is 304 g/mol. The SMILES string of the molecule is CSCC(N)CCCc1cc(Cl)c(F)c(C(C)C)c1. The Morgan fingerprint density at radius 3 is 2.63 bits per heavy atom. The van der Waals surface area contributed by atoms with Crippen molar-refractivity contribution in [3.63, 3.8) is 0 Å². The zero-order chi connectivity index (χ0) is 14.4. The summed E-state index contributed by atoms with van der Waals surface area (Å²) in [5, 5.41) is 0.231. The van der Waals surface area contributed by atoms with Crippen LogP contribution in [0.25, 0.3) is 0 Å². The van der Waals surface area contributed by atoms with Gasteiger partial charge in [-0.2, -0.15) is 11.8 Å². The maximum Gasteiger partial charge on any atom is 0.145 e. The number of thioether (sulfide) groups is 1. The molecule has 0 aliphatic heterocycles.